The molecule has 2 atom stereocenters. The molecule has 0 aromatic carbocycles. The van der Waals surface area contributed by atoms with Gasteiger partial charge >= 0.3 is 0 Å². The molecule has 2 saturated heterocycles. The molecular formula is C12H22N2O3. The molecule has 98 valence electrons. The first-order chi connectivity index (χ1) is 8.04. The third-order valence-electron chi connectivity index (χ3n) is 3.56. The van der Waals surface area contributed by atoms with E-state index in [1.165, 1.54) is 25.7 Å². The molecule has 0 aromatic heterocycles. The molecular weight excluding hydrogens is 220 g/mol. The highest BCUT2D eigenvalue weighted by molar-refractivity contribution is 5.85. The summed E-state index contributed by atoms with van der Waals surface area (Å²) in [6.45, 7) is 1.08. The SMILES string of the molecule is CC(=O)O.CN1C2CCCCC1CC(=NO)C2. The van der Waals surface area contributed by atoms with E-state index in [1.807, 2.05) is 0 Å². The lowest BCUT2D eigenvalue weighted by Gasteiger charge is -2.37. The van der Waals surface area contributed by atoms with Crippen LogP contribution in [0.15, 0.2) is 5.16 Å². The number of nitrogens with zero attached hydrogens (tertiary/aromatic N) is 2. The summed E-state index contributed by atoms with van der Waals surface area (Å²) >= 11 is 0. The normalized spacial score (nSPS) is 28.7. The molecule has 17 heavy (non-hydrogen) atoms. The number of oxime groups is 1. The Kier molecular flexibility index (Phi) is 5.41. The number of carboxylic acid groups (broad SMARTS) is 1. The van der Waals surface area contributed by atoms with Crippen LogP contribution < -0.4 is 0 Å². The highest BCUT2D eigenvalue weighted by Crippen LogP contribution is 2.29. The lowest BCUT2D eigenvalue weighted by molar-refractivity contribution is -0.134. The maximum Gasteiger partial charge on any atom is 0.300 e. The van der Waals surface area contributed by atoms with Crippen molar-refractivity contribution in [2.24, 2.45) is 5.16 Å². The summed E-state index contributed by atoms with van der Waals surface area (Å²) in [6, 6.07) is 1.26. The third kappa shape index (κ3) is 4.34. The largest absolute Gasteiger partial charge is 0.481 e. The molecule has 2 heterocycles. The van der Waals surface area contributed by atoms with Crippen LogP contribution in [-0.4, -0.2) is 46.0 Å². The number of rotatable bonds is 0. The Morgan fingerprint density at radius 3 is 2.06 bits per heavy atom. The molecule has 2 aliphatic rings. The van der Waals surface area contributed by atoms with E-state index in [9.17, 15) is 0 Å². The molecule has 0 amide bonds. The van der Waals surface area contributed by atoms with Crippen molar-refractivity contribution in [1.29, 1.82) is 0 Å². The molecule has 0 saturated carbocycles. The minimum Gasteiger partial charge on any atom is -0.481 e. The topological polar surface area (TPSA) is 73.1 Å². The Hall–Kier alpha value is -1.10. The predicted molar refractivity (Wildman–Crippen MR) is 65.6 cm³/mol. The van der Waals surface area contributed by atoms with Crippen LogP contribution in [0.3, 0.4) is 0 Å². The van der Waals surface area contributed by atoms with Crippen LogP contribution >= 0.6 is 0 Å². The van der Waals surface area contributed by atoms with Gasteiger partial charge in [0.05, 0.1) is 5.71 Å². The number of carboxylic acids is 1. The number of aliphatic carboxylic acids is 1. The average Bonchev–Trinajstić information content (AvgIpc) is 2.38. The summed E-state index contributed by atoms with van der Waals surface area (Å²) in [7, 11) is 2.22. The molecule has 2 rings (SSSR count). The highest BCUT2D eigenvalue weighted by atomic mass is 16.4. The van der Waals surface area contributed by atoms with Gasteiger partial charge in [-0.25, -0.2) is 0 Å². The fourth-order valence-corrected chi connectivity index (χ4v) is 2.67. The molecule has 2 N–H and O–H groups in total. The summed E-state index contributed by atoms with van der Waals surface area (Å²) in [6.07, 6.45) is 7.17. The summed E-state index contributed by atoms with van der Waals surface area (Å²) in [4.78, 5) is 11.5. The monoisotopic (exact) mass is 242 g/mol. The Morgan fingerprint density at radius 1 is 1.29 bits per heavy atom. The van der Waals surface area contributed by atoms with E-state index >= 15 is 0 Å². The van der Waals surface area contributed by atoms with Crippen molar-refractivity contribution in [3.8, 4) is 0 Å². The minimum absolute atomic E-state index is 0.632. The fourth-order valence-electron chi connectivity index (χ4n) is 2.67. The van der Waals surface area contributed by atoms with Crippen LogP contribution in [-0.2, 0) is 4.79 Å². The summed E-state index contributed by atoms with van der Waals surface area (Å²) < 4.78 is 0. The lowest BCUT2D eigenvalue weighted by Crippen LogP contribution is -2.45. The zero-order valence-electron chi connectivity index (χ0n) is 10.6. The van der Waals surface area contributed by atoms with Crippen molar-refractivity contribution in [1.82, 2.24) is 4.90 Å². The first-order valence-corrected chi connectivity index (χ1v) is 6.16. The lowest BCUT2D eigenvalue weighted by atomic mass is 9.93. The van der Waals surface area contributed by atoms with Gasteiger partial charge in [-0.05, 0) is 19.9 Å². The maximum atomic E-state index is 9.00. The molecule has 0 aromatic rings. The van der Waals surface area contributed by atoms with E-state index < -0.39 is 5.97 Å². The van der Waals surface area contributed by atoms with Gasteiger partial charge in [0.1, 0.15) is 0 Å². The first-order valence-electron chi connectivity index (χ1n) is 6.16. The number of carbonyl (C=O) groups is 1. The van der Waals surface area contributed by atoms with Crippen LogP contribution in [0.25, 0.3) is 0 Å². The second kappa shape index (κ2) is 6.59. The number of hydrogen-bond donors (Lipinski definition) is 2. The predicted octanol–water partition coefficient (Wildman–Crippen LogP) is 1.94. The smallest absolute Gasteiger partial charge is 0.300 e. The van der Waals surface area contributed by atoms with Gasteiger partial charge in [-0.1, -0.05) is 18.0 Å². The van der Waals surface area contributed by atoms with Gasteiger partial charge in [0, 0.05) is 31.8 Å². The van der Waals surface area contributed by atoms with Crippen LogP contribution in [0.5, 0.6) is 0 Å². The van der Waals surface area contributed by atoms with E-state index in [0.717, 1.165) is 25.5 Å². The quantitative estimate of drug-likeness (QED) is 0.503. The van der Waals surface area contributed by atoms with Gasteiger partial charge < -0.3 is 10.3 Å². The van der Waals surface area contributed by atoms with Gasteiger partial charge in [-0.15, -0.1) is 0 Å². The Morgan fingerprint density at radius 2 is 1.71 bits per heavy atom. The van der Waals surface area contributed by atoms with Gasteiger partial charge in [0.2, 0.25) is 0 Å². The van der Waals surface area contributed by atoms with E-state index in [1.54, 1.807) is 0 Å². The fraction of sp³-hybridized carbons (Fsp3) is 0.833. The summed E-state index contributed by atoms with van der Waals surface area (Å²) in [5, 5.41) is 19.6. The van der Waals surface area contributed by atoms with Crippen molar-refractivity contribution in [2.45, 2.75) is 57.5 Å². The molecule has 0 spiro atoms. The summed E-state index contributed by atoms with van der Waals surface area (Å²) in [5.74, 6) is -0.833. The van der Waals surface area contributed by atoms with Crippen LogP contribution in [0, 0.1) is 0 Å². The van der Waals surface area contributed by atoms with Gasteiger partial charge in [-0.2, -0.15) is 0 Å². The van der Waals surface area contributed by atoms with E-state index in [0.29, 0.717) is 12.1 Å². The zero-order chi connectivity index (χ0) is 12.8. The van der Waals surface area contributed by atoms with Gasteiger partial charge in [-0.3, -0.25) is 9.69 Å². The Labute approximate surface area is 102 Å². The van der Waals surface area contributed by atoms with Gasteiger partial charge in [0.25, 0.3) is 5.97 Å². The third-order valence-corrected chi connectivity index (χ3v) is 3.56. The van der Waals surface area contributed by atoms with Gasteiger partial charge in [0.15, 0.2) is 0 Å². The highest BCUT2D eigenvalue weighted by Gasteiger charge is 2.32. The van der Waals surface area contributed by atoms with E-state index in [2.05, 4.69) is 17.1 Å². The molecule has 2 bridgehead atoms. The standard InChI is InChI=1S/C10H18N2O.C2H4O2/c1-12-9-4-2-3-5-10(12)7-8(6-9)11-13;1-2(3)4/h9-10,13H,2-7H2,1H3;1H3,(H,3,4). The van der Waals surface area contributed by atoms with Crippen LogP contribution in [0.4, 0.5) is 0 Å². The molecule has 2 fully saturated rings. The van der Waals surface area contributed by atoms with Crippen LogP contribution in [0.2, 0.25) is 0 Å². The van der Waals surface area contributed by atoms with Crippen molar-refractivity contribution < 1.29 is 15.1 Å². The van der Waals surface area contributed by atoms with Crippen molar-refractivity contribution in [3.05, 3.63) is 0 Å². The second-order valence-electron chi connectivity index (χ2n) is 4.85. The van der Waals surface area contributed by atoms with E-state index in [4.69, 9.17) is 15.1 Å². The van der Waals surface area contributed by atoms with Crippen molar-refractivity contribution >= 4 is 11.7 Å². The molecule has 0 aliphatic carbocycles. The van der Waals surface area contributed by atoms with Crippen molar-refractivity contribution in [3.63, 3.8) is 0 Å². The molecule has 5 nitrogen and oxygen atoms in total. The Bertz CT molecular complexity index is 269. The van der Waals surface area contributed by atoms with Crippen LogP contribution in [0.1, 0.15) is 45.4 Å². The number of fused-ring (bicyclic) bond motifs is 2. The molecule has 0 radical (unpaired) electrons. The second-order valence-corrected chi connectivity index (χ2v) is 4.85. The van der Waals surface area contributed by atoms with E-state index in [-0.39, 0.29) is 0 Å². The average molecular weight is 242 g/mol. The Balaban J connectivity index is 0.000000317. The molecule has 2 aliphatic heterocycles. The number of piperidine rings is 1. The van der Waals surface area contributed by atoms with Crippen molar-refractivity contribution in [2.75, 3.05) is 7.05 Å². The molecule has 5 heteroatoms. The minimum atomic E-state index is -0.833. The summed E-state index contributed by atoms with van der Waals surface area (Å²) in [5.41, 5.74) is 1.01. The number of hydrogen-bond acceptors (Lipinski definition) is 4. The maximum absolute atomic E-state index is 9.00. The first kappa shape index (κ1) is 14.0. The molecule has 2 unspecified atom stereocenters. The zero-order valence-corrected chi connectivity index (χ0v) is 10.6.